The maximum Gasteiger partial charge on any atom is 0.253 e. The minimum absolute atomic E-state index is 0.0313. The lowest BCUT2D eigenvalue weighted by Gasteiger charge is -2.43. The van der Waals surface area contributed by atoms with Crippen molar-refractivity contribution in [2.75, 3.05) is 20.8 Å². The molecule has 4 rings (SSSR count). The first kappa shape index (κ1) is 20.3. The molecule has 0 saturated heterocycles. The molecule has 29 heavy (non-hydrogen) atoms. The van der Waals surface area contributed by atoms with Crippen LogP contribution in [0.3, 0.4) is 0 Å². The standard InChI is InChI=1S/C24H34N2O3/c1-15-19(17-8-7-9-18(29-6)20(17)26(15)12-13-28-5)21(27)25-22-23(2,3)16-10-11-24(22,4)14-16/h7-9,16,22H,10-14H2,1-6H3,(H,25,27)/t16-,22?,24+/m1/s1. The van der Waals surface area contributed by atoms with Gasteiger partial charge in [0, 0.05) is 30.8 Å². The third-order valence-corrected chi connectivity index (χ3v) is 7.82. The van der Waals surface area contributed by atoms with Crippen LogP contribution >= 0.6 is 0 Å². The summed E-state index contributed by atoms with van der Waals surface area (Å²) in [7, 11) is 3.37. The fraction of sp³-hybridized carbons (Fsp3) is 0.625. The highest BCUT2D eigenvalue weighted by Gasteiger charge is 2.59. The van der Waals surface area contributed by atoms with Crippen LogP contribution in [0.5, 0.6) is 5.75 Å². The van der Waals surface area contributed by atoms with Crippen molar-refractivity contribution >= 4 is 16.8 Å². The largest absolute Gasteiger partial charge is 0.495 e. The lowest BCUT2D eigenvalue weighted by molar-refractivity contribution is 0.0738. The molecule has 1 N–H and O–H groups in total. The second-order valence-electron chi connectivity index (χ2n) is 9.78. The number of rotatable bonds is 6. The van der Waals surface area contributed by atoms with Gasteiger partial charge in [0.1, 0.15) is 5.75 Å². The van der Waals surface area contributed by atoms with Crippen LogP contribution in [0.1, 0.15) is 56.1 Å². The molecule has 0 spiro atoms. The van der Waals surface area contributed by atoms with Crippen molar-refractivity contribution in [1.29, 1.82) is 0 Å². The summed E-state index contributed by atoms with van der Waals surface area (Å²) in [6, 6.07) is 6.13. The molecular formula is C24H34N2O3. The summed E-state index contributed by atoms with van der Waals surface area (Å²) in [6.45, 7) is 10.3. The topological polar surface area (TPSA) is 52.5 Å². The maximum absolute atomic E-state index is 13.6. The van der Waals surface area contributed by atoms with Crippen LogP contribution in [-0.2, 0) is 11.3 Å². The maximum atomic E-state index is 13.6. The van der Waals surface area contributed by atoms with Gasteiger partial charge in [-0.05, 0) is 49.0 Å². The van der Waals surface area contributed by atoms with Crippen LogP contribution in [0.2, 0.25) is 0 Å². The molecule has 1 aromatic carbocycles. The van der Waals surface area contributed by atoms with E-state index in [0.717, 1.165) is 27.9 Å². The van der Waals surface area contributed by atoms with Gasteiger partial charge >= 0.3 is 0 Å². The van der Waals surface area contributed by atoms with Crippen molar-refractivity contribution in [3.63, 3.8) is 0 Å². The molecule has 2 fully saturated rings. The number of hydrogen-bond donors (Lipinski definition) is 1. The highest BCUT2D eigenvalue weighted by molar-refractivity contribution is 6.09. The Labute approximate surface area is 173 Å². The smallest absolute Gasteiger partial charge is 0.253 e. The number of hydrogen-bond acceptors (Lipinski definition) is 3. The highest BCUT2D eigenvalue weighted by Crippen LogP contribution is 2.62. The van der Waals surface area contributed by atoms with Gasteiger partial charge in [-0.1, -0.05) is 32.9 Å². The normalized spacial score (nSPS) is 27.5. The SMILES string of the molecule is COCCn1c(C)c(C(=O)NC2C(C)(C)[C@@H]3CC[C@@]2(C)C3)c2cccc(OC)c21. The third-order valence-electron chi connectivity index (χ3n) is 7.82. The fourth-order valence-corrected chi connectivity index (χ4v) is 6.28. The number of carbonyl (C=O) groups excluding carboxylic acids is 1. The first-order valence-electron chi connectivity index (χ1n) is 10.7. The van der Waals surface area contributed by atoms with E-state index < -0.39 is 0 Å². The summed E-state index contributed by atoms with van der Waals surface area (Å²) < 4.78 is 13.1. The predicted molar refractivity (Wildman–Crippen MR) is 116 cm³/mol. The Bertz CT molecular complexity index is 940. The van der Waals surface area contributed by atoms with E-state index in [0.29, 0.717) is 19.1 Å². The first-order valence-corrected chi connectivity index (χ1v) is 10.7. The van der Waals surface area contributed by atoms with Gasteiger partial charge < -0.3 is 19.4 Å². The van der Waals surface area contributed by atoms with E-state index in [4.69, 9.17) is 9.47 Å². The van der Waals surface area contributed by atoms with Crippen LogP contribution < -0.4 is 10.1 Å². The third kappa shape index (κ3) is 2.97. The Kier molecular flexibility index (Phi) is 4.93. The minimum Gasteiger partial charge on any atom is -0.495 e. The van der Waals surface area contributed by atoms with E-state index in [2.05, 4.69) is 30.7 Å². The van der Waals surface area contributed by atoms with Gasteiger partial charge in [0.15, 0.2) is 0 Å². The molecule has 1 amide bonds. The molecule has 158 valence electrons. The Morgan fingerprint density at radius 1 is 1.28 bits per heavy atom. The quantitative estimate of drug-likeness (QED) is 0.777. The second-order valence-corrected chi connectivity index (χ2v) is 9.78. The number of aromatic nitrogens is 1. The molecule has 2 aliphatic carbocycles. The lowest BCUT2D eigenvalue weighted by Crippen LogP contribution is -2.52. The first-order chi connectivity index (χ1) is 13.7. The van der Waals surface area contributed by atoms with Crippen molar-refractivity contribution in [2.45, 2.75) is 59.5 Å². The van der Waals surface area contributed by atoms with Gasteiger partial charge in [-0.2, -0.15) is 0 Å². The van der Waals surface area contributed by atoms with Crippen LogP contribution in [0.25, 0.3) is 10.9 Å². The van der Waals surface area contributed by atoms with Crippen molar-refractivity contribution in [3.8, 4) is 5.75 Å². The molecule has 5 heteroatoms. The van der Waals surface area contributed by atoms with Crippen molar-refractivity contribution in [2.24, 2.45) is 16.7 Å². The minimum atomic E-state index is 0.0313. The van der Waals surface area contributed by atoms with E-state index >= 15 is 0 Å². The van der Waals surface area contributed by atoms with Crippen LogP contribution in [0, 0.1) is 23.7 Å². The van der Waals surface area contributed by atoms with Gasteiger partial charge in [-0.3, -0.25) is 4.79 Å². The van der Waals surface area contributed by atoms with Gasteiger partial charge in [-0.15, -0.1) is 0 Å². The molecule has 0 radical (unpaired) electrons. The summed E-state index contributed by atoms with van der Waals surface area (Å²) >= 11 is 0. The summed E-state index contributed by atoms with van der Waals surface area (Å²) in [5.74, 6) is 1.51. The number of benzene rings is 1. The molecular weight excluding hydrogens is 364 g/mol. The van der Waals surface area contributed by atoms with Gasteiger partial charge in [0.05, 0.1) is 24.8 Å². The van der Waals surface area contributed by atoms with Crippen LogP contribution in [-0.4, -0.2) is 37.3 Å². The molecule has 2 aliphatic rings. The van der Waals surface area contributed by atoms with Crippen molar-refractivity contribution in [3.05, 3.63) is 29.5 Å². The molecule has 3 atom stereocenters. The highest BCUT2D eigenvalue weighted by atomic mass is 16.5. The van der Waals surface area contributed by atoms with Gasteiger partial charge in [-0.25, -0.2) is 0 Å². The molecule has 2 saturated carbocycles. The van der Waals surface area contributed by atoms with Crippen molar-refractivity contribution in [1.82, 2.24) is 9.88 Å². The molecule has 1 aromatic heterocycles. The molecule has 2 aromatic rings. The monoisotopic (exact) mass is 398 g/mol. The molecule has 1 heterocycles. The van der Waals surface area contributed by atoms with Crippen molar-refractivity contribution < 1.29 is 14.3 Å². The number of carbonyl (C=O) groups is 1. The summed E-state index contributed by atoms with van der Waals surface area (Å²) in [6.07, 6.45) is 3.70. The zero-order valence-corrected chi connectivity index (χ0v) is 18.6. The zero-order chi connectivity index (χ0) is 21.0. The number of amides is 1. The number of para-hydroxylation sites is 1. The average molecular weight is 399 g/mol. The summed E-state index contributed by atoms with van der Waals surface area (Å²) in [5, 5.41) is 4.42. The Hall–Kier alpha value is -2.01. The van der Waals surface area contributed by atoms with Crippen LogP contribution in [0.4, 0.5) is 0 Å². The lowest BCUT2D eigenvalue weighted by atomic mass is 9.68. The Balaban J connectivity index is 1.76. The van der Waals surface area contributed by atoms with E-state index in [1.165, 1.54) is 19.3 Å². The van der Waals surface area contributed by atoms with E-state index in [1.807, 2.05) is 25.1 Å². The number of nitrogens with one attached hydrogen (secondary N) is 1. The van der Waals surface area contributed by atoms with Gasteiger partial charge in [0.2, 0.25) is 0 Å². The Morgan fingerprint density at radius 2 is 2.03 bits per heavy atom. The molecule has 0 aliphatic heterocycles. The number of ether oxygens (including phenoxy) is 2. The van der Waals surface area contributed by atoms with Crippen LogP contribution in [0.15, 0.2) is 18.2 Å². The fourth-order valence-electron chi connectivity index (χ4n) is 6.28. The van der Waals surface area contributed by atoms with Gasteiger partial charge in [0.25, 0.3) is 5.91 Å². The predicted octanol–water partition coefficient (Wildman–Crippen LogP) is 4.55. The molecule has 1 unspecified atom stereocenters. The molecule has 5 nitrogen and oxygen atoms in total. The number of methoxy groups -OCH3 is 2. The van der Waals surface area contributed by atoms with E-state index in [-0.39, 0.29) is 22.8 Å². The average Bonchev–Trinajstić information content (AvgIpc) is 3.27. The zero-order valence-electron chi connectivity index (χ0n) is 18.6. The Morgan fingerprint density at radius 3 is 2.66 bits per heavy atom. The molecule has 2 bridgehead atoms. The van der Waals surface area contributed by atoms with E-state index in [1.54, 1.807) is 14.2 Å². The van der Waals surface area contributed by atoms with E-state index in [9.17, 15) is 4.79 Å². The number of fused-ring (bicyclic) bond motifs is 3. The second kappa shape index (κ2) is 7.05. The summed E-state index contributed by atoms with van der Waals surface area (Å²) in [4.78, 5) is 13.6. The summed E-state index contributed by atoms with van der Waals surface area (Å²) in [5.41, 5.74) is 3.02. The number of nitrogens with zero attached hydrogens (tertiary/aromatic N) is 1.